The van der Waals surface area contributed by atoms with Gasteiger partial charge >= 0.3 is 0 Å². The van der Waals surface area contributed by atoms with Crippen molar-refractivity contribution < 1.29 is 28.1 Å². The van der Waals surface area contributed by atoms with Crippen molar-refractivity contribution in [1.29, 1.82) is 0 Å². The molecule has 4 atom stereocenters. The van der Waals surface area contributed by atoms with Gasteiger partial charge in [0.25, 0.3) is 0 Å². The molecule has 4 aliphatic rings. The number of ketones is 1. The van der Waals surface area contributed by atoms with Gasteiger partial charge in [-0.15, -0.1) is 0 Å². The monoisotopic (exact) mass is 594 g/mol. The highest BCUT2D eigenvalue weighted by molar-refractivity contribution is 6.31. The smallest absolute Gasteiger partial charge is 0.159 e. The van der Waals surface area contributed by atoms with Crippen LogP contribution in [0.25, 0.3) is 10.9 Å². The van der Waals surface area contributed by atoms with Gasteiger partial charge in [0.1, 0.15) is 23.7 Å². The molecule has 11 heteroatoms. The summed E-state index contributed by atoms with van der Waals surface area (Å²) in [7, 11) is 0. The minimum absolute atomic E-state index is 0.00936. The van der Waals surface area contributed by atoms with Crippen LogP contribution in [-0.4, -0.2) is 85.5 Å². The molecule has 0 spiro atoms. The first-order valence-corrected chi connectivity index (χ1v) is 14.7. The van der Waals surface area contributed by atoms with Gasteiger partial charge in [-0.2, -0.15) is 0 Å². The molecule has 1 aromatic heterocycles. The van der Waals surface area contributed by atoms with Gasteiger partial charge in [0.05, 0.1) is 55.8 Å². The highest BCUT2D eigenvalue weighted by Gasteiger charge is 2.54. The standard InChI is InChI=1S/C31H32ClFN4O5/c32-25-10-19(3-4-26(25)33)36-31-21-9-18(8-20(38)2-1-5-37-12-29-30(13-37)41-7-6-40-29)28(11-27(21)34-17-35-31)42-16-24-22-14-39-15-23(22)24/h1-4,9-11,17,22-24,29-30H,5-8,12-16H2,(H,34,35,36)/b2-1+/t22?,23?,24?,29-,30-/m0/s1. The number of fused-ring (bicyclic) bond motifs is 3. The van der Waals surface area contributed by atoms with E-state index in [4.69, 9.17) is 30.5 Å². The summed E-state index contributed by atoms with van der Waals surface area (Å²) < 4.78 is 37.1. The number of allylic oxidation sites excluding steroid dienone is 1. The van der Waals surface area contributed by atoms with E-state index < -0.39 is 5.82 Å². The largest absolute Gasteiger partial charge is 0.493 e. The van der Waals surface area contributed by atoms with Crippen molar-refractivity contribution >= 4 is 39.8 Å². The van der Waals surface area contributed by atoms with Crippen molar-refractivity contribution in [3.05, 3.63) is 65.2 Å². The number of rotatable bonds is 10. The van der Waals surface area contributed by atoms with Crippen molar-refractivity contribution in [3.8, 4) is 5.75 Å². The van der Waals surface area contributed by atoms with Crippen molar-refractivity contribution in [2.24, 2.45) is 17.8 Å². The molecule has 0 amide bonds. The third-order valence-corrected chi connectivity index (χ3v) is 8.92. The summed E-state index contributed by atoms with van der Waals surface area (Å²) in [6, 6.07) is 8.16. The van der Waals surface area contributed by atoms with E-state index in [9.17, 15) is 9.18 Å². The Balaban J connectivity index is 1.09. The minimum Gasteiger partial charge on any atom is -0.493 e. The predicted molar refractivity (Wildman–Crippen MR) is 155 cm³/mol. The summed E-state index contributed by atoms with van der Waals surface area (Å²) in [6.45, 7) is 5.68. The molecule has 3 aliphatic heterocycles. The van der Waals surface area contributed by atoms with E-state index in [2.05, 4.69) is 20.2 Å². The quantitative estimate of drug-likeness (QED) is 0.347. The van der Waals surface area contributed by atoms with Crippen molar-refractivity contribution in [1.82, 2.24) is 14.9 Å². The SMILES string of the molecule is O=C(/C=C/CN1C[C@@H]2OCCO[C@H]2C1)Cc1cc2c(Nc3ccc(F)c(Cl)c3)ncnc2cc1OCC1C2COCC21. The highest BCUT2D eigenvalue weighted by atomic mass is 35.5. The average Bonchev–Trinajstić information content (AvgIpc) is 3.28. The topological polar surface area (TPSA) is 95.0 Å². The number of halogens is 2. The number of carbonyl (C=O) groups excluding carboxylic acids is 1. The Hall–Kier alpha value is -3.15. The van der Waals surface area contributed by atoms with Gasteiger partial charge in [0.15, 0.2) is 5.78 Å². The molecule has 3 aromatic rings. The van der Waals surface area contributed by atoms with Gasteiger partial charge in [0.2, 0.25) is 0 Å². The van der Waals surface area contributed by atoms with E-state index in [1.165, 1.54) is 18.5 Å². The minimum atomic E-state index is -0.499. The number of nitrogens with zero attached hydrogens (tertiary/aromatic N) is 3. The zero-order valence-electron chi connectivity index (χ0n) is 23.0. The van der Waals surface area contributed by atoms with Crippen LogP contribution in [-0.2, 0) is 25.4 Å². The van der Waals surface area contributed by atoms with Gasteiger partial charge in [-0.1, -0.05) is 17.7 Å². The number of hydrogen-bond donors (Lipinski definition) is 1. The third kappa shape index (κ3) is 5.87. The van der Waals surface area contributed by atoms with Crippen molar-refractivity contribution in [2.75, 3.05) is 58.0 Å². The van der Waals surface area contributed by atoms with E-state index in [1.807, 2.05) is 18.2 Å². The molecule has 3 saturated heterocycles. The Morgan fingerprint density at radius 3 is 2.67 bits per heavy atom. The molecule has 0 bridgehead atoms. The van der Waals surface area contributed by atoms with Crippen molar-refractivity contribution in [2.45, 2.75) is 18.6 Å². The first kappa shape index (κ1) is 27.7. The molecule has 2 unspecified atom stereocenters. The zero-order valence-corrected chi connectivity index (χ0v) is 23.8. The highest BCUT2D eigenvalue weighted by Crippen LogP contribution is 2.50. The first-order valence-electron chi connectivity index (χ1n) is 14.4. The number of nitrogens with one attached hydrogen (secondary N) is 1. The van der Waals surface area contributed by atoms with Crippen LogP contribution in [0.4, 0.5) is 15.9 Å². The molecule has 7 rings (SSSR count). The van der Waals surface area contributed by atoms with Gasteiger partial charge < -0.3 is 24.3 Å². The normalized spacial score (nSPS) is 26.9. The maximum Gasteiger partial charge on any atom is 0.159 e. The van der Waals surface area contributed by atoms with Crippen LogP contribution in [0.2, 0.25) is 5.02 Å². The van der Waals surface area contributed by atoms with Crippen LogP contribution in [0.5, 0.6) is 5.75 Å². The molecule has 2 aromatic carbocycles. The Morgan fingerprint density at radius 1 is 1.12 bits per heavy atom. The van der Waals surface area contributed by atoms with E-state index in [1.54, 1.807) is 12.1 Å². The van der Waals surface area contributed by atoms with Crippen LogP contribution in [0, 0.1) is 23.6 Å². The van der Waals surface area contributed by atoms with Crippen LogP contribution < -0.4 is 10.1 Å². The maximum absolute atomic E-state index is 13.7. The lowest BCUT2D eigenvalue weighted by Crippen LogP contribution is -2.36. The van der Waals surface area contributed by atoms with Crippen molar-refractivity contribution in [3.63, 3.8) is 0 Å². The first-order chi connectivity index (χ1) is 20.5. The Morgan fingerprint density at radius 2 is 1.90 bits per heavy atom. The lowest BCUT2D eigenvalue weighted by atomic mass is 10.0. The Bertz CT molecular complexity index is 1500. The number of likely N-dealkylation sites (tertiary alicyclic amines) is 1. The summed E-state index contributed by atoms with van der Waals surface area (Å²) >= 11 is 5.99. The van der Waals surface area contributed by atoms with E-state index >= 15 is 0 Å². The van der Waals surface area contributed by atoms with Crippen LogP contribution in [0.3, 0.4) is 0 Å². The zero-order chi connectivity index (χ0) is 28.6. The molecule has 1 aliphatic carbocycles. The molecular formula is C31H32ClFN4O5. The molecule has 1 saturated carbocycles. The van der Waals surface area contributed by atoms with Gasteiger partial charge in [0, 0.05) is 54.7 Å². The fraction of sp³-hybridized carbons (Fsp3) is 0.452. The van der Waals surface area contributed by atoms with Gasteiger partial charge in [-0.05, 0) is 42.2 Å². The second-order valence-corrected chi connectivity index (χ2v) is 11.8. The molecule has 42 heavy (non-hydrogen) atoms. The fourth-order valence-electron chi connectivity index (χ4n) is 6.27. The average molecular weight is 595 g/mol. The summed E-state index contributed by atoms with van der Waals surface area (Å²) in [5, 5.41) is 3.93. The number of carbonyl (C=O) groups is 1. The third-order valence-electron chi connectivity index (χ3n) is 8.63. The lowest BCUT2D eigenvalue weighted by Gasteiger charge is -2.24. The molecule has 0 radical (unpaired) electrons. The van der Waals surface area contributed by atoms with E-state index in [0.29, 0.717) is 72.3 Å². The Kier molecular flexibility index (Phi) is 7.81. The predicted octanol–water partition coefficient (Wildman–Crippen LogP) is 4.20. The molecule has 220 valence electrons. The fourth-order valence-corrected chi connectivity index (χ4v) is 6.45. The van der Waals surface area contributed by atoms with Crippen LogP contribution in [0.1, 0.15) is 5.56 Å². The summed E-state index contributed by atoms with van der Waals surface area (Å²) in [6.07, 6.45) is 5.38. The number of anilines is 2. The maximum atomic E-state index is 13.7. The lowest BCUT2D eigenvalue weighted by molar-refractivity contribution is -0.116. The van der Waals surface area contributed by atoms with Crippen LogP contribution >= 0.6 is 11.6 Å². The van der Waals surface area contributed by atoms with Gasteiger partial charge in [-0.3, -0.25) is 9.69 Å². The number of ether oxygens (including phenoxy) is 4. The second-order valence-electron chi connectivity index (χ2n) is 11.4. The van der Waals surface area contributed by atoms with E-state index in [-0.39, 0.29) is 29.4 Å². The number of benzene rings is 2. The summed E-state index contributed by atoms with van der Waals surface area (Å²) in [5.41, 5.74) is 2.01. The van der Waals surface area contributed by atoms with Gasteiger partial charge in [-0.25, -0.2) is 14.4 Å². The van der Waals surface area contributed by atoms with Crippen LogP contribution in [0.15, 0.2) is 48.8 Å². The molecule has 4 fully saturated rings. The molecule has 1 N–H and O–H groups in total. The molecule has 9 nitrogen and oxygen atoms in total. The molecule has 4 heterocycles. The van der Waals surface area contributed by atoms with E-state index in [0.717, 1.165) is 31.9 Å². The Labute approximate surface area is 247 Å². The number of aromatic nitrogens is 2. The molecular weight excluding hydrogens is 563 g/mol. The second kappa shape index (κ2) is 11.9. The number of hydrogen-bond acceptors (Lipinski definition) is 9. The summed E-state index contributed by atoms with van der Waals surface area (Å²) in [4.78, 5) is 24.3. The summed E-state index contributed by atoms with van der Waals surface area (Å²) in [5.74, 6) is 2.22.